The molecule has 0 saturated heterocycles. The summed E-state index contributed by atoms with van der Waals surface area (Å²) in [6, 6.07) is 12.5. The van der Waals surface area contributed by atoms with Gasteiger partial charge in [-0.2, -0.15) is 0 Å². The SMILES string of the molecule is O=C(O)c1c(Cl)ccc(OCc2ccccc2)c1Cl. The molecule has 3 nitrogen and oxygen atoms in total. The summed E-state index contributed by atoms with van der Waals surface area (Å²) in [5, 5.41) is 9.13. The zero-order chi connectivity index (χ0) is 13.8. The Morgan fingerprint density at radius 2 is 1.79 bits per heavy atom. The Bertz CT molecular complexity index is 597. The Morgan fingerprint density at radius 1 is 1.11 bits per heavy atom. The standard InChI is InChI=1S/C14H10Cl2O3/c15-10-6-7-11(13(16)12(10)14(17)18)19-8-9-4-2-1-3-5-9/h1-7H,8H2,(H,17,18). The minimum Gasteiger partial charge on any atom is -0.487 e. The van der Waals surface area contributed by atoms with E-state index in [-0.39, 0.29) is 15.6 Å². The highest BCUT2D eigenvalue weighted by Crippen LogP contribution is 2.33. The summed E-state index contributed by atoms with van der Waals surface area (Å²) in [6.07, 6.45) is 0. The molecule has 1 N–H and O–H groups in total. The smallest absolute Gasteiger partial charge is 0.338 e. The molecule has 2 aromatic carbocycles. The van der Waals surface area contributed by atoms with Crippen LogP contribution in [0.1, 0.15) is 15.9 Å². The van der Waals surface area contributed by atoms with Crippen molar-refractivity contribution in [1.82, 2.24) is 0 Å². The maximum atomic E-state index is 11.0. The first-order valence-electron chi connectivity index (χ1n) is 5.47. The number of benzene rings is 2. The van der Waals surface area contributed by atoms with Crippen LogP contribution < -0.4 is 4.74 Å². The predicted molar refractivity (Wildman–Crippen MR) is 74.2 cm³/mol. The Morgan fingerprint density at radius 3 is 2.42 bits per heavy atom. The average molecular weight is 297 g/mol. The van der Waals surface area contributed by atoms with Crippen LogP contribution in [-0.2, 0) is 6.61 Å². The van der Waals surface area contributed by atoms with E-state index < -0.39 is 5.97 Å². The first kappa shape index (κ1) is 13.7. The fourth-order valence-electron chi connectivity index (χ4n) is 1.58. The Kier molecular flexibility index (Phi) is 4.30. The molecule has 0 atom stereocenters. The van der Waals surface area contributed by atoms with Crippen LogP contribution in [0.4, 0.5) is 0 Å². The van der Waals surface area contributed by atoms with E-state index in [9.17, 15) is 4.79 Å². The number of aromatic carboxylic acids is 1. The molecule has 0 bridgehead atoms. The van der Waals surface area contributed by atoms with E-state index in [1.165, 1.54) is 6.07 Å². The highest BCUT2D eigenvalue weighted by atomic mass is 35.5. The maximum Gasteiger partial charge on any atom is 0.338 e. The molecule has 0 aliphatic heterocycles. The lowest BCUT2D eigenvalue weighted by Crippen LogP contribution is -2.02. The van der Waals surface area contributed by atoms with Crippen molar-refractivity contribution in [1.29, 1.82) is 0 Å². The zero-order valence-corrected chi connectivity index (χ0v) is 11.3. The van der Waals surface area contributed by atoms with E-state index in [1.54, 1.807) is 6.07 Å². The molecule has 0 radical (unpaired) electrons. The lowest BCUT2D eigenvalue weighted by atomic mass is 10.2. The third-order valence-corrected chi connectivity index (χ3v) is 3.20. The second-order valence-electron chi connectivity index (χ2n) is 3.81. The molecule has 2 aromatic rings. The second-order valence-corrected chi connectivity index (χ2v) is 4.60. The van der Waals surface area contributed by atoms with E-state index in [0.717, 1.165) is 5.56 Å². The van der Waals surface area contributed by atoms with Gasteiger partial charge in [0.25, 0.3) is 0 Å². The molecular formula is C14H10Cl2O3. The fourth-order valence-corrected chi connectivity index (χ4v) is 2.16. The van der Waals surface area contributed by atoms with Crippen LogP contribution in [0.5, 0.6) is 5.75 Å². The van der Waals surface area contributed by atoms with Gasteiger partial charge in [-0.25, -0.2) is 4.79 Å². The van der Waals surface area contributed by atoms with Crippen molar-refractivity contribution in [2.45, 2.75) is 6.61 Å². The molecule has 0 aliphatic rings. The molecule has 98 valence electrons. The third kappa shape index (κ3) is 3.19. The van der Waals surface area contributed by atoms with Gasteiger partial charge in [-0.15, -0.1) is 0 Å². The van der Waals surface area contributed by atoms with E-state index in [0.29, 0.717) is 12.4 Å². The first-order chi connectivity index (χ1) is 9.09. The van der Waals surface area contributed by atoms with Crippen LogP contribution in [0.25, 0.3) is 0 Å². The molecule has 5 heteroatoms. The van der Waals surface area contributed by atoms with Crippen molar-refractivity contribution in [2.24, 2.45) is 0 Å². The Labute approximate surface area is 120 Å². The monoisotopic (exact) mass is 296 g/mol. The Balaban J connectivity index is 2.22. The van der Waals surface area contributed by atoms with Gasteiger partial charge in [0.15, 0.2) is 0 Å². The number of hydrogen-bond donors (Lipinski definition) is 1. The van der Waals surface area contributed by atoms with Crippen LogP contribution in [0, 0.1) is 0 Å². The number of rotatable bonds is 4. The highest BCUT2D eigenvalue weighted by Gasteiger charge is 2.17. The average Bonchev–Trinajstić information content (AvgIpc) is 2.38. The molecule has 0 aliphatic carbocycles. The molecule has 0 spiro atoms. The van der Waals surface area contributed by atoms with Crippen molar-refractivity contribution in [2.75, 3.05) is 0 Å². The number of halogens is 2. The molecule has 0 unspecified atom stereocenters. The molecular weight excluding hydrogens is 287 g/mol. The highest BCUT2D eigenvalue weighted by molar-refractivity contribution is 6.40. The summed E-state index contributed by atoms with van der Waals surface area (Å²) >= 11 is 11.8. The van der Waals surface area contributed by atoms with Crippen molar-refractivity contribution in [3.05, 3.63) is 63.6 Å². The van der Waals surface area contributed by atoms with Gasteiger partial charge >= 0.3 is 5.97 Å². The quantitative estimate of drug-likeness (QED) is 0.916. The van der Waals surface area contributed by atoms with Gasteiger partial charge in [-0.3, -0.25) is 0 Å². The van der Waals surface area contributed by atoms with Crippen LogP contribution in [0.15, 0.2) is 42.5 Å². The molecule has 0 aromatic heterocycles. The largest absolute Gasteiger partial charge is 0.487 e. The molecule has 2 rings (SSSR count). The molecule has 0 heterocycles. The summed E-state index contributed by atoms with van der Waals surface area (Å²) in [4.78, 5) is 11.0. The van der Waals surface area contributed by atoms with E-state index >= 15 is 0 Å². The summed E-state index contributed by atoms with van der Waals surface area (Å²) in [6.45, 7) is 0.307. The maximum absolute atomic E-state index is 11.0. The Hall–Kier alpha value is -1.71. The number of carboxylic acid groups (broad SMARTS) is 1. The van der Waals surface area contributed by atoms with Gasteiger partial charge in [0.2, 0.25) is 0 Å². The van der Waals surface area contributed by atoms with Crippen LogP contribution in [0.2, 0.25) is 10.0 Å². The molecule has 0 fully saturated rings. The zero-order valence-electron chi connectivity index (χ0n) is 9.77. The normalized spacial score (nSPS) is 10.2. The second kappa shape index (κ2) is 5.95. The summed E-state index contributed by atoms with van der Waals surface area (Å²) < 4.78 is 5.51. The van der Waals surface area contributed by atoms with Gasteiger partial charge in [-0.1, -0.05) is 53.5 Å². The summed E-state index contributed by atoms with van der Waals surface area (Å²) in [5.41, 5.74) is 0.819. The van der Waals surface area contributed by atoms with Gasteiger partial charge in [0, 0.05) is 0 Å². The number of carboxylic acids is 1. The van der Waals surface area contributed by atoms with E-state index in [2.05, 4.69) is 0 Å². The first-order valence-corrected chi connectivity index (χ1v) is 6.23. The van der Waals surface area contributed by atoms with Crippen LogP contribution >= 0.6 is 23.2 Å². The number of ether oxygens (including phenoxy) is 1. The summed E-state index contributed by atoms with van der Waals surface area (Å²) in [7, 11) is 0. The predicted octanol–water partition coefficient (Wildman–Crippen LogP) is 4.27. The fraction of sp³-hybridized carbons (Fsp3) is 0.0714. The third-order valence-electron chi connectivity index (χ3n) is 2.51. The van der Waals surface area contributed by atoms with Crippen LogP contribution in [-0.4, -0.2) is 11.1 Å². The summed E-state index contributed by atoms with van der Waals surface area (Å²) in [5.74, 6) is -0.882. The van der Waals surface area contributed by atoms with Gasteiger partial charge in [0.1, 0.15) is 17.9 Å². The lowest BCUT2D eigenvalue weighted by molar-refractivity contribution is 0.0696. The minimum absolute atomic E-state index is 0.0101. The van der Waals surface area contributed by atoms with Crippen molar-refractivity contribution in [3.63, 3.8) is 0 Å². The molecule has 0 amide bonds. The van der Waals surface area contributed by atoms with Crippen molar-refractivity contribution >= 4 is 29.2 Å². The molecule has 0 saturated carbocycles. The number of carbonyl (C=O) groups is 1. The van der Waals surface area contributed by atoms with Gasteiger partial charge < -0.3 is 9.84 Å². The topological polar surface area (TPSA) is 46.5 Å². The van der Waals surface area contributed by atoms with E-state index in [4.69, 9.17) is 33.0 Å². The van der Waals surface area contributed by atoms with Crippen molar-refractivity contribution < 1.29 is 14.6 Å². The minimum atomic E-state index is -1.18. The van der Waals surface area contributed by atoms with E-state index in [1.807, 2.05) is 30.3 Å². The number of hydrogen-bond acceptors (Lipinski definition) is 2. The van der Waals surface area contributed by atoms with Gasteiger partial charge in [0.05, 0.1) is 10.0 Å². The lowest BCUT2D eigenvalue weighted by Gasteiger charge is -2.10. The molecule has 19 heavy (non-hydrogen) atoms. The van der Waals surface area contributed by atoms with Crippen LogP contribution in [0.3, 0.4) is 0 Å². The van der Waals surface area contributed by atoms with Gasteiger partial charge in [-0.05, 0) is 17.7 Å². The van der Waals surface area contributed by atoms with Crippen molar-refractivity contribution in [3.8, 4) is 5.75 Å².